The molecule has 0 spiro atoms. The maximum absolute atomic E-state index is 12.2. The van der Waals surface area contributed by atoms with Gasteiger partial charge in [-0.2, -0.15) is 0 Å². The Morgan fingerprint density at radius 3 is 2.38 bits per heavy atom. The van der Waals surface area contributed by atoms with E-state index in [9.17, 15) is 9.59 Å². The van der Waals surface area contributed by atoms with Crippen LogP contribution in [0, 0.1) is 0 Å². The number of imide groups is 1. The van der Waals surface area contributed by atoms with Crippen LogP contribution in [0.3, 0.4) is 0 Å². The highest BCUT2D eigenvalue weighted by Crippen LogP contribution is 2.17. The fourth-order valence-electron chi connectivity index (χ4n) is 3.09. The zero-order chi connectivity index (χ0) is 17.5. The van der Waals surface area contributed by atoms with Gasteiger partial charge in [-0.1, -0.05) is 43.0 Å². The van der Waals surface area contributed by atoms with E-state index in [-0.39, 0.29) is 30.1 Å². The molecule has 0 radical (unpaired) electrons. The van der Waals surface area contributed by atoms with Crippen molar-refractivity contribution in [3.05, 3.63) is 34.9 Å². The van der Waals surface area contributed by atoms with Crippen LogP contribution in [0.2, 0.25) is 5.02 Å². The first-order valence-corrected chi connectivity index (χ1v) is 9.05. The van der Waals surface area contributed by atoms with Crippen molar-refractivity contribution >= 4 is 23.5 Å². The molecule has 2 atom stereocenters. The van der Waals surface area contributed by atoms with Crippen LogP contribution < -0.4 is 16.0 Å². The molecule has 0 unspecified atom stereocenters. The van der Waals surface area contributed by atoms with E-state index in [4.69, 9.17) is 11.6 Å². The lowest BCUT2D eigenvalue weighted by Crippen LogP contribution is -2.92. The summed E-state index contributed by atoms with van der Waals surface area (Å²) in [6.07, 6.45) is 5.50. The molecule has 0 heterocycles. The van der Waals surface area contributed by atoms with Crippen molar-refractivity contribution in [3.8, 4) is 0 Å². The summed E-state index contributed by atoms with van der Waals surface area (Å²) in [5.74, 6) is -0.274. The second-order valence-electron chi connectivity index (χ2n) is 6.62. The van der Waals surface area contributed by atoms with Crippen molar-refractivity contribution in [2.24, 2.45) is 0 Å². The Hall–Kier alpha value is -1.59. The third-order valence-electron chi connectivity index (χ3n) is 4.56. The monoisotopic (exact) mass is 352 g/mol. The van der Waals surface area contributed by atoms with Gasteiger partial charge in [0.15, 0.2) is 6.04 Å². The van der Waals surface area contributed by atoms with Gasteiger partial charge in [0.1, 0.15) is 6.04 Å². The quantitative estimate of drug-likeness (QED) is 0.761. The van der Waals surface area contributed by atoms with Crippen molar-refractivity contribution in [2.75, 3.05) is 0 Å². The van der Waals surface area contributed by atoms with E-state index in [1.54, 1.807) is 6.92 Å². The summed E-state index contributed by atoms with van der Waals surface area (Å²) in [7, 11) is 0. The van der Waals surface area contributed by atoms with Gasteiger partial charge in [0, 0.05) is 16.6 Å². The molecule has 4 N–H and O–H groups in total. The van der Waals surface area contributed by atoms with Gasteiger partial charge in [-0.3, -0.25) is 10.1 Å². The number of hydrogen-bond donors (Lipinski definition) is 3. The number of amides is 3. The Bertz CT molecular complexity index is 556. The lowest BCUT2D eigenvalue weighted by molar-refractivity contribution is -0.710. The first kappa shape index (κ1) is 18.7. The molecule has 5 nitrogen and oxygen atoms in total. The Labute approximate surface area is 148 Å². The lowest BCUT2D eigenvalue weighted by Gasteiger charge is -2.23. The third-order valence-corrected chi connectivity index (χ3v) is 4.82. The van der Waals surface area contributed by atoms with Gasteiger partial charge in [-0.05, 0) is 38.8 Å². The molecule has 0 aliphatic heterocycles. The van der Waals surface area contributed by atoms with E-state index in [2.05, 4.69) is 10.6 Å². The average Bonchev–Trinajstić information content (AvgIpc) is 2.56. The summed E-state index contributed by atoms with van der Waals surface area (Å²) in [5, 5.41) is 7.98. The molecule has 1 aromatic carbocycles. The van der Waals surface area contributed by atoms with E-state index < -0.39 is 0 Å². The van der Waals surface area contributed by atoms with Crippen molar-refractivity contribution in [1.82, 2.24) is 10.6 Å². The minimum atomic E-state index is -0.383. The summed E-state index contributed by atoms with van der Waals surface area (Å²) in [6, 6.07) is 7.13. The number of nitrogens with two attached hydrogens (primary N) is 1. The van der Waals surface area contributed by atoms with Gasteiger partial charge in [0.05, 0.1) is 0 Å². The van der Waals surface area contributed by atoms with Gasteiger partial charge in [0.25, 0.3) is 5.91 Å². The summed E-state index contributed by atoms with van der Waals surface area (Å²) in [6.45, 7) is 3.82. The van der Waals surface area contributed by atoms with Crippen LogP contribution >= 0.6 is 11.6 Å². The molecular formula is C18H27ClN3O2+. The second kappa shape index (κ2) is 9.04. The molecule has 1 aromatic rings. The number of carbonyl (C=O) groups is 2. The molecule has 0 bridgehead atoms. The number of quaternary nitrogens is 1. The van der Waals surface area contributed by atoms with Crippen LogP contribution in [-0.4, -0.2) is 24.0 Å². The van der Waals surface area contributed by atoms with Gasteiger partial charge >= 0.3 is 6.03 Å². The maximum atomic E-state index is 12.2. The number of halogens is 1. The zero-order valence-electron chi connectivity index (χ0n) is 14.3. The zero-order valence-corrected chi connectivity index (χ0v) is 15.1. The number of nitrogens with one attached hydrogen (secondary N) is 2. The standard InChI is InChI=1S/C18H26ClN3O2/c1-12(14-8-10-15(19)11-9-14)20-13(2)17(23)22-18(24)21-16-6-4-3-5-7-16/h8-13,16,20H,3-7H2,1-2H3,(H2,21,22,23,24)/p+1/t12-,13+/m0/s1. The molecule has 1 aliphatic carbocycles. The molecule has 1 fully saturated rings. The Balaban J connectivity index is 1.78. The van der Waals surface area contributed by atoms with E-state index in [1.165, 1.54) is 6.42 Å². The fraction of sp³-hybridized carbons (Fsp3) is 0.556. The van der Waals surface area contributed by atoms with Crippen molar-refractivity contribution in [1.29, 1.82) is 0 Å². The SMILES string of the molecule is C[C@H]([NH2+][C@H](C)C(=O)NC(=O)NC1CCCCC1)c1ccc(Cl)cc1. The van der Waals surface area contributed by atoms with Crippen LogP contribution in [0.1, 0.15) is 57.6 Å². The topological polar surface area (TPSA) is 74.8 Å². The van der Waals surface area contributed by atoms with Crippen molar-refractivity contribution in [2.45, 2.75) is 64.1 Å². The first-order valence-electron chi connectivity index (χ1n) is 8.67. The summed E-state index contributed by atoms with van der Waals surface area (Å²) in [4.78, 5) is 24.1. The van der Waals surface area contributed by atoms with Crippen LogP contribution in [-0.2, 0) is 4.79 Å². The molecule has 0 saturated heterocycles. The van der Waals surface area contributed by atoms with Crippen LogP contribution in [0.25, 0.3) is 0 Å². The van der Waals surface area contributed by atoms with Crippen LogP contribution in [0.15, 0.2) is 24.3 Å². The number of benzene rings is 1. The van der Waals surface area contributed by atoms with E-state index >= 15 is 0 Å². The van der Waals surface area contributed by atoms with Gasteiger partial charge < -0.3 is 10.6 Å². The molecule has 24 heavy (non-hydrogen) atoms. The predicted molar refractivity (Wildman–Crippen MR) is 94.8 cm³/mol. The lowest BCUT2D eigenvalue weighted by atomic mass is 9.96. The number of urea groups is 1. The Morgan fingerprint density at radius 2 is 1.75 bits per heavy atom. The van der Waals surface area contributed by atoms with Crippen LogP contribution in [0.4, 0.5) is 4.79 Å². The molecule has 0 aromatic heterocycles. The second-order valence-corrected chi connectivity index (χ2v) is 7.06. The first-order chi connectivity index (χ1) is 11.5. The number of hydrogen-bond acceptors (Lipinski definition) is 2. The number of carbonyl (C=O) groups excluding carboxylic acids is 2. The highest BCUT2D eigenvalue weighted by Gasteiger charge is 2.23. The van der Waals surface area contributed by atoms with E-state index in [1.807, 2.05) is 36.5 Å². The Morgan fingerprint density at radius 1 is 1.12 bits per heavy atom. The highest BCUT2D eigenvalue weighted by atomic mass is 35.5. The van der Waals surface area contributed by atoms with Crippen molar-refractivity contribution < 1.29 is 14.9 Å². The average molecular weight is 353 g/mol. The molecule has 132 valence electrons. The predicted octanol–water partition coefficient (Wildman–Crippen LogP) is 2.51. The maximum Gasteiger partial charge on any atom is 0.321 e. The molecule has 2 rings (SSSR count). The normalized spacial score (nSPS) is 17.8. The Kier molecular flexibility index (Phi) is 7.06. The highest BCUT2D eigenvalue weighted by molar-refractivity contribution is 6.30. The fourth-order valence-corrected chi connectivity index (χ4v) is 3.22. The summed E-state index contributed by atoms with van der Waals surface area (Å²) < 4.78 is 0. The summed E-state index contributed by atoms with van der Waals surface area (Å²) >= 11 is 5.89. The van der Waals surface area contributed by atoms with E-state index in [0.717, 1.165) is 31.2 Å². The summed E-state index contributed by atoms with van der Waals surface area (Å²) in [5.41, 5.74) is 1.09. The minimum absolute atomic E-state index is 0.101. The molecular weight excluding hydrogens is 326 g/mol. The van der Waals surface area contributed by atoms with Gasteiger partial charge in [0.2, 0.25) is 0 Å². The minimum Gasteiger partial charge on any atom is -0.335 e. The van der Waals surface area contributed by atoms with Gasteiger partial charge in [-0.25, -0.2) is 4.79 Å². The molecule has 1 saturated carbocycles. The van der Waals surface area contributed by atoms with Gasteiger partial charge in [-0.15, -0.1) is 0 Å². The smallest absolute Gasteiger partial charge is 0.321 e. The largest absolute Gasteiger partial charge is 0.335 e. The van der Waals surface area contributed by atoms with Crippen molar-refractivity contribution in [3.63, 3.8) is 0 Å². The molecule has 1 aliphatic rings. The molecule has 3 amide bonds. The number of rotatable bonds is 5. The van der Waals surface area contributed by atoms with Crippen LogP contribution in [0.5, 0.6) is 0 Å². The molecule has 6 heteroatoms. The third kappa shape index (κ3) is 5.80. The van der Waals surface area contributed by atoms with E-state index in [0.29, 0.717) is 5.02 Å².